The van der Waals surface area contributed by atoms with E-state index in [4.69, 9.17) is 8.53 Å². The van der Waals surface area contributed by atoms with Crippen LogP contribution in [0.4, 0.5) is 17.1 Å². The number of furan rings is 1. The van der Waals surface area contributed by atoms with E-state index >= 15 is 0 Å². The first-order valence-corrected chi connectivity index (χ1v) is 15.0. The fourth-order valence-corrected chi connectivity index (χ4v) is 6.17. The summed E-state index contributed by atoms with van der Waals surface area (Å²) in [5, 5.41) is 3.53. The van der Waals surface area contributed by atoms with Crippen molar-refractivity contribution in [3.8, 4) is 22.3 Å². The molecule has 0 fully saturated rings. The molecule has 0 aliphatic rings. The van der Waals surface area contributed by atoms with E-state index in [-0.39, 0.29) is 76.1 Å². The maximum atomic E-state index is 9.45. The van der Waals surface area contributed by atoms with E-state index in [0.717, 1.165) is 21.9 Å². The highest BCUT2D eigenvalue weighted by molar-refractivity contribution is 6.19. The largest absolute Gasteiger partial charge is 0.456 e. The van der Waals surface area contributed by atoms with Gasteiger partial charge in [-0.15, -0.1) is 0 Å². The number of fused-ring (bicyclic) bond motifs is 6. The smallest absolute Gasteiger partial charge is 0.136 e. The summed E-state index contributed by atoms with van der Waals surface area (Å²) in [6, 6.07) is 37.9. The maximum Gasteiger partial charge on any atom is 0.136 e. The lowest BCUT2D eigenvalue weighted by Gasteiger charge is -2.26. The van der Waals surface area contributed by atoms with Crippen LogP contribution in [0.2, 0.25) is 0 Å². The van der Waals surface area contributed by atoms with E-state index in [2.05, 4.69) is 24.3 Å². The molecule has 0 atom stereocenters. The SMILES string of the molecule is [2H]c1c([2H])c(N(c2ccccc2)c2ccc(-c3cccc4ccccc34)cc2)c([2H])c([2H])c1-c1ccc2c([2H])c([2H])c3oc4cccc([2H])c4c3c2c1[2H]. The van der Waals surface area contributed by atoms with E-state index in [0.29, 0.717) is 33.1 Å². The third kappa shape index (κ3) is 4.43. The van der Waals surface area contributed by atoms with Crippen LogP contribution in [0.15, 0.2) is 180 Å². The molecule has 2 heteroatoms. The molecular weight excluding hydrogens is 558 g/mol. The number of hydrogen-bond donors (Lipinski definition) is 0. The minimum absolute atomic E-state index is 0.0551. The zero-order valence-electron chi connectivity index (χ0n) is 32.5. The molecule has 0 radical (unpaired) electrons. The lowest BCUT2D eigenvalue weighted by atomic mass is 9.97. The summed E-state index contributed by atoms with van der Waals surface area (Å²) in [5.41, 5.74) is 3.89. The van der Waals surface area contributed by atoms with Gasteiger partial charge < -0.3 is 9.32 Å². The van der Waals surface area contributed by atoms with Gasteiger partial charge in [0.15, 0.2) is 0 Å². The average molecular weight is 596 g/mol. The number of hydrogen-bond acceptors (Lipinski definition) is 2. The van der Waals surface area contributed by atoms with Crippen LogP contribution in [-0.4, -0.2) is 0 Å². The van der Waals surface area contributed by atoms with Gasteiger partial charge >= 0.3 is 0 Å². The van der Waals surface area contributed by atoms with Crippen molar-refractivity contribution >= 4 is 60.5 Å². The molecule has 0 aliphatic carbocycles. The van der Waals surface area contributed by atoms with Gasteiger partial charge in [-0.2, -0.15) is 0 Å². The van der Waals surface area contributed by atoms with Crippen molar-refractivity contribution < 1.29 is 15.4 Å². The minimum atomic E-state index is -0.329. The fraction of sp³-hybridized carbons (Fsp3) is 0. The zero-order valence-corrected chi connectivity index (χ0v) is 24.5. The van der Waals surface area contributed by atoms with E-state index in [9.17, 15) is 6.85 Å². The van der Waals surface area contributed by atoms with Crippen molar-refractivity contribution in [1.82, 2.24) is 0 Å². The molecule has 0 unspecified atom stereocenters. The van der Waals surface area contributed by atoms with Crippen molar-refractivity contribution in [2.24, 2.45) is 0 Å². The monoisotopic (exact) mass is 595 g/mol. The van der Waals surface area contributed by atoms with Crippen LogP contribution in [0.5, 0.6) is 0 Å². The Morgan fingerprint density at radius 1 is 0.413 bits per heavy atom. The predicted octanol–water partition coefficient (Wildman–Crippen LogP) is 12.7. The molecule has 0 N–H and O–H groups in total. The van der Waals surface area contributed by atoms with Crippen molar-refractivity contribution in [2.75, 3.05) is 4.90 Å². The molecule has 8 aromatic carbocycles. The second-order valence-electron chi connectivity index (χ2n) is 11.1. The van der Waals surface area contributed by atoms with Gasteiger partial charge in [-0.25, -0.2) is 0 Å². The van der Waals surface area contributed by atoms with Gasteiger partial charge in [0.2, 0.25) is 0 Å². The molecule has 0 saturated carbocycles. The highest BCUT2D eigenvalue weighted by Gasteiger charge is 2.15. The van der Waals surface area contributed by atoms with Gasteiger partial charge in [0.05, 0.1) is 11.0 Å². The van der Waals surface area contributed by atoms with E-state index in [1.54, 1.807) is 29.2 Å². The van der Waals surface area contributed by atoms with Crippen molar-refractivity contribution in [3.05, 3.63) is 176 Å². The molecule has 1 aromatic heterocycles. The number of nitrogens with zero attached hydrogens (tertiary/aromatic N) is 1. The standard InChI is InChI=1S/C44H29NO/c1-2-11-35(12-3-1)45(37-26-21-32(22-27-37)39-15-8-10-31-9-4-5-13-38(31)39)36-24-19-30(20-25-36)34-18-17-33-23-28-43-44(41(33)29-34)40-14-6-7-16-42(40)46-43/h1-29H/i14D,19D,20D,23D,24D,25D,28D,29D. The Labute approximate surface area is 278 Å². The van der Waals surface area contributed by atoms with Crippen LogP contribution >= 0.6 is 0 Å². The Hall–Kier alpha value is -6.12. The lowest BCUT2D eigenvalue weighted by molar-refractivity contribution is 0.669. The molecule has 0 amide bonds. The molecule has 0 bridgehead atoms. The van der Waals surface area contributed by atoms with Crippen LogP contribution in [0.3, 0.4) is 0 Å². The van der Waals surface area contributed by atoms with Gasteiger partial charge in [0, 0.05) is 27.8 Å². The highest BCUT2D eigenvalue weighted by atomic mass is 16.3. The first-order chi connectivity index (χ1) is 26.2. The average Bonchev–Trinajstić information content (AvgIpc) is 3.60. The summed E-state index contributed by atoms with van der Waals surface area (Å²) < 4.78 is 78.8. The second-order valence-corrected chi connectivity index (χ2v) is 11.1. The van der Waals surface area contributed by atoms with Crippen molar-refractivity contribution in [1.29, 1.82) is 0 Å². The van der Waals surface area contributed by atoms with Gasteiger partial charge in [0.25, 0.3) is 0 Å². The van der Waals surface area contributed by atoms with Crippen LogP contribution in [0.25, 0.3) is 65.7 Å². The van der Waals surface area contributed by atoms with E-state index in [1.807, 2.05) is 72.8 Å². The Balaban J connectivity index is 1.24. The number of anilines is 3. The summed E-state index contributed by atoms with van der Waals surface area (Å²) >= 11 is 0. The maximum absolute atomic E-state index is 9.45. The van der Waals surface area contributed by atoms with Gasteiger partial charge in [-0.05, 0) is 98.3 Å². The van der Waals surface area contributed by atoms with Crippen LogP contribution in [-0.2, 0) is 0 Å². The summed E-state index contributed by atoms with van der Waals surface area (Å²) in [5.74, 6) is 0. The zero-order chi connectivity index (χ0) is 37.4. The minimum Gasteiger partial charge on any atom is -0.456 e. The third-order valence-corrected chi connectivity index (χ3v) is 8.36. The van der Waals surface area contributed by atoms with Crippen LogP contribution in [0, 0.1) is 0 Å². The van der Waals surface area contributed by atoms with Gasteiger partial charge in [0.1, 0.15) is 11.2 Å². The first kappa shape index (κ1) is 19.3. The topological polar surface area (TPSA) is 16.4 Å². The number of para-hydroxylation sites is 2. The van der Waals surface area contributed by atoms with E-state index in [1.165, 1.54) is 6.07 Å². The Morgan fingerprint density at radius 2 is 1.15 bits per heavy atom. The first-order valence-electron chi connectivity index (χ1n) is 19.0. The summed E-state index contributed by atoms with van der Waals surface area (Å²) in [4.78, 5) is 1.72. The van der Waals surface area contributed by atoms with Crippen molar-refractivity contribution in [2.45, 2.75) is 0 Å². The normalized spacial score (nSPS) is 13.9. The third-order valence-electron chi connectivity index (χ3n) is 8.36. The highest BCUT2D eigenvalue weighted by Crippen LogP contribution is 2.39. The molecule has 2 nitrogen and oxygen atoms in total. The van der Waals surface area contributed by atoms with Crippen molar-refractivity contribution in [3.63, 3.8) is 0 Å². The quantitative estimate of drug-likeness (QED) is 0.197. The molecule has 0 aliphatic heterocycles. The summed E-state index contributed by atoms with van der Waals surface area (Å²) in [6.07, 6.45) is 0. The molecule has 9 rings (SSSR count). The molecule has 216 valence electrons. The molecule has 0 spiro atoms. The number of benzene rings is 8. The van der Waals surface area contributed by atoms with Gasteiger partial charge in [-0.3, -0.25) is 0 Å². The fourth-order valence-electron chi connectivity index (χ4n) is 6.17. The number of rotatable bonds is 5. The van der Waals surface area contributed by atoms with Crippen LogP contribution in [0.1, 0.15) is 11.0 Å². The molecule has 46 heavy (non-hydrogen) atoms. The molecule has 9 aromatic rings. The van der Waals surface area contributed by atoms with Crippen LogP contribution < -0.4 is 4.90 Å². The summed E-state index contributed by atoms with van der Waals surface area (Å²) in [7, 11) is 0. The van der Waals surface area contributed by atoms with Gasteiger partial charge in [-0.1, -0.05) is 121 Å². The lowest BCUT2D eigenvalue weighted by Crippen LogP contribution is -2.09. The molecule has 0 saturated heterocycles. The van der Waals surface area contributed by atoms with E-state index < -0.39 is 0 Å². The summed E-state index contributed by atoms with van der Waals surface area (Å²) in [6.45, 7) is 0. The second kappa shape index (κ2) is 10.8. The predicted molar refractivity (Wildman–Crippen MR) is 194 cm³/mol. The Morgan fingerprint density at radius 3 is 2.02 bits per heavy atom. The molecule has 1 heterocycles. The Bertz CT molecular complexity index is 2940. The Kier molecular flexibility index (Phi) is 4.53. The molecular formula is C44H29NO.